The smallest absolute Gasteiger partial charge is 0.162 e. The molecule has 0 radical (unpaired) electrons. The van der Waals surface area contributed by atoms with Crippen molar-refractivity contribution in [3.63, 3.8) is 0 Å². The highest BCUT2D eigenvalue weighted by atomic mass is 35.5. The van der Waals surface area contributed by atoms with Crippen molar-refractivity contribution in [2.45, 2.75) is 58.9 Å². The van der Waals surface area contributed by atoms with Crippen LogP contribution in [0.3, 0.4) is 0 Å². The van der Waals surface area contributed by atoms with E-state index in [1.54, 1.807) is 0 Å². The number of hydrogen-bond acceptors (Lipinski definition) is 2. The highest BCUT2D eigenvalue weighted by Gasteiger charge is 2.16. The summed E-state index contributed by atoms with van der Waals surface area (Å²) >= 11 is 0. The van der Waals surface area contributed by atoms with E-state index in [2.05, 4.69) is 10.9 Å². The highest BCUT2D eigenvalue weighted by Crippen LogP contribution is 2.27. The number of aryl methyl sites for hydroxylation is 1. The average Bonchev–Trinajstić information content (AvgIpc) is 2.91. The maximum Gasteiger partial charge on any atom is 0.162 e. The van der Waals surface area contributed by atoms with E-state index in [-0.39, 0.29) is 18.2 Å². The van der Waals surface area contributed by atoms with Gasteiger partial charge in [-0.15, -0.1) is 12.4 Å². The molecule has 0 atom stereocenters. The summed E-state index contributed by atoms with van der Waals surface area (Å²) in [5, 5.41) is 5.83. The average molecular weight is 321 g/mol. The number of nitrogens with zero attached hydrogens (tertiary/aromatic N) is 2. The van der Waals surface area contributed by atoms with E-state index in [0.29, 0.717) is 6.42 Å². The van der Waals surface area contributed by atoms with Crippen LogP contribution in [0.2, 0.25) is 0 Å². The fourth-order valence-electron chi connectivity index (χ4n) is 3.50. The summed E-state index contributed by atoms with van der Waals surface area (Å²) in [6.07, 6.45) is 9.45. The van der Waals surface area contributed by atoms with E-state index in [4.69, 9.17) is 5.10 Å². The summed E-state index contributed by atoms with van der Waals surface area (Å²) < 4.78 is 2.09. The second-order valence-corrected chi connectivity index (χ2v) is 6.30. The lowest BCUT2D eigenvalue weighted by atomic mass is 9.89. The zero-order valence-corrected chi connectivity index (χ0v) is 14.3. The van der Waals surface area contributed by atoms with Crippen molar-refractivity contribution in [2.75, 3.05) is 0 Å². The molecule has 0 spiro atoms. The quantitative estimate of drug-likeness (QED) is 0.748. The Morgan fingerprint density at radius 3 is 2.68 bits per heavy atom. The molecule has 4 heteroatoms. The second-order valence-electron chi connectivity index (χ2n) is 6.30. The Hall–Kier alpha value is -1.35. The summed E-state index contributed by atoms with van der Waals surface area (Å²) in [7, 11) is 0. The molecular weight excluding hydrogens is 296 g/mol. The number of Topliss-reactive ketones (excluding diaryl/α,β-unsaturated/α-hetero) is 1. The van der Waals surface area contributed by atoms with Gasteiger partial charge in [-0.2, -0.15) is 5.10 Å². The van der Waals surface area contributed by atoms with Gasteiger partial charge in [0.25, 0.3) is 0 Å². The van der Waals surface area contributed by atoms with Crippen molar-refractivity contribution >= 4 is 29.1 Å². The first kappa shape index (κ1) is 17.0. The minimum Gasteiger partial charge on any atom is -0.294 e. The molecule has 0 aliphatic heterocycles. The standard InChI is InChI=1S/C18H24N2O.ClH/c1-3-18(21)15-9-10-17-16(13(15)2)12-20(19-17)11-14-7-5-4-6-8-14;/h9-10,12,14H,3-8,11H2,1-2H3;1H. The lowest BCUT2D eigenvalue weighted by molar-refractivity contribution is 0.0987. The fraction of sp³-hybridized carbons (Fsp3) is 0.556. The van der Waals surface area contributed by atoms with Gasteiger partial charge in [0.05, 0.1) is 5.52 Å². The zero-order valence-electron chi connectivity index (χ0n) is 13.5. The van der Waals surface area contributed by atoms with Crippen molar-refractivity contribution in [2.24, 2.45) is 5.92 Å². The van der Waals surface area contributed by atoms with Gasteiger partial charge in [-0.25, -0.2) is 0 Å². The second kappa shape index (κ2) is 7.28. The van der Waals surface area contributed by atoms with E-state index >= 15 is 0 Å². The minimum atomic E-state index is 0. The molecule has 2 aromatic rings. The van der Waals surface area contributed by atoms with Gasteiger partial charge in [-0.3, -0.25) is 9.48 Å². The Morgan fingerprint density at radius 1 is 1.27 bits per heavy atom. The van der Waals surface area contributed by atoms with Crippen LogP contribution in [0.5, 0.6) is 0 Å². The molecule has 1 aromatic heterocycles. The Morgan fingerprint density at radius 2 is 2.00 bits per heavy atom. The molecular formula is C18H25ClN2O. The predicted molar refractivity (Wildman–Crippen MR) is 92.9 cm³/mol. The summed E-state index contributed by atoms with van der Waals surface area (Å²) in [5.41, 5.74) is 2.94. The van der Waals surface area contributed by atoms with Gasteiger partial charge in [-0.05, 0) is 43.4 Å². The zero-order chi connectivity index (χ0) is 14.8. The summed E-state index contributed by atoms with van der Waals surface area (Å²) in [4.78, 5) is 12.0. The number of benzene rings is 1. The molecule has 120 valence electrons. The van der Waals surface area contributed by atoms with E-state index in [9.17, 15) is 4.79 Å². The van der Waals surface area contributed by atoms with Crippen LogP contribution in [-0.4, -0.2) is 15.6 Å². The molecule has 1 fully saturated rings. The number of ketones is 1. The monoisotopic (exact) mass is 320 g/mol. The number of aromatic nitrogens is 2. The summed E-state index contributed by atoms with van der Waals surface area (Å²) in [6.45, 7) is 4.97. The lowest BCUT2D eigenvalue weighted by Gasteiger charge is -2.21. The number of carbonyl (C=O) groups is 1. The molecule has 3 rings (SSSR count). The Bertz CT molecular complexity index is 656. The third-order valence-corrected chi connectivity index (χ3v) is 4.80. The summed E-state index contributed by atoms with van der Waals surface area (Å²) in [5.74, 6) is 0.986. The fourth-order valence-corrected chi connectivity index (χ4v) is 3.50. The molecule has 22 heavy (non-hydrogen) atoms. The van der Waals surface area contributed by atoms with E-state index < -0.39 is 0 Å². The summed E-state index contributed by atoms with van der Waals surface area (Å²) in [6, 6.07) is 3.92. The van der Waals surface area contributed by atoms with Crippen LogP contribution in [-0.2, 0) is 6.54 Å². The van der Waals surface area contributed by atoms with Gasteiger partial charge in [0, 0.05) is 30.1 Å². The third kappa shape index (κ3) is 3.35. The molecule has 0 N–H and O–H groups in total. The van der Waals surface area contributed by atoms with Crippen molar-refractivity contribution < 1.29 is 4.79 Å². The number of halogens is 1. The van der Waals surface area contributed by atoms with Gasteiger partial charge in [-0.1, -0.05) is 26.2 Å². The molecule has 1 saturated carbocycles. The number of carbonyl (C=O) groups excluding carboxylic acids is 1. The van der Waals surface area contributed by atoms with Crippen molar-refractivity contribution in [1.29, 1.82) is 0 Å². The normalized spacial score (nSPS) is 15.7. The highest BCUT2D eigenvalue weighted by molar-refractivity contribution is 6.01. The minimum absolute atomic E-state index is 0. The SMILES string of the molecule is CCC(=O)c1ccc2nn(CC3CCCCC3)cc2c1C.Cl. The lowest BCUT2D eigenvalue weighted by Crippen LogP contribution is -2.14. The largest absolute Gasteiger partial charge is 0.294 e. The molecule has 1 aliphatic rings. The first-order valence-corrected chi connectivity index (χ1v) is 8.19. The molecule has 3 nitrogen and oxygen atoms in total. The maximum absolute atomic E-state index is 12.0. The van der Waals surface area contributed by atoms with Crippen LogP contribution in [0.1, 0.15) is 61.4 Å². The molecule has 0 unspecified atom stereocenters. The first-order valence-electron chi connectivity index (χ1n) is 8.19. The van der Waals surface area contributed by atoms with E-state index in [1.807, 2.05) is 26.0 Å². The number of hydrogen-bond donors (Lipinski definition) is 0. The van der Waals surface area contributed by atoms with Gasteiger partial charge in [0.2, 0.25) is 0 Å². The first-order chi connectivity index (χ1) is 10.2. The maximum atomic E-state index is 12.0. The molecule has 0 saturated heterocycles. The van der Waals surface area contributed by atoms with Crippen LogP contribution in [0.15, 0.2) is 18.3 Å². The molecule has 1 aromatic carbocycles. The topological polar surface area (TPSA) is 34.9 Å². The van der Waals surface area contributed by atoms with E-state index in [1.165, 1.54) is 32.1 Å². The van der Waals surface area contributed by atoms with Crippen molar-refractivity contribution in [1.82, 2.24) is 9.78 Å². The van der Waals surface area contributed by atoms with Gasteiger partial charge < -0.3 is 0 Å². The van der Waals surface area contributed by atoms with Gasteiger partial charge in [0.1, 0.15) is 0 Å². The van der Waals surface area contributed by atoms with Crippen LogP contribution >= 0.6 is 12.4 Å². The third-order valence-electron chi connectivity index (χ3n) is 4.80. The molecule has 1 heterocycles. The van der Waals surface area contributed by atoms with Crippen LogP contribution < -0.4 is 0 Å². The Balaban J connectivity index is 0.00000176. The van der Waals surface area contributed by atoms with Crippen LogP contribution in [0, 0.1) is 12.8 Å². The van der Waals surface area contributed by atoms with Crippen molar-refractivity contribution in [3.05, 3.63) is 29.5 Å². The molecule has 0 amide bonds. The number of fused-ring (bicyclic) bond motifs is 1. The molecule has 1 aliphatic carbocycles. The van der Waals surface area contributed by atoms with Gasteiger partial charge >= 0.3 is 0 Å². The van der Waals surface area contributed by atoms with Crippen LogP contribution in [0.25, 0.3) is 10.9 Å². The molecule has 0 bridgehead atoms. The Kier molecular flexibility index (Phi) is 5.63. The van der Waals surface area contributed by atoms with Crippen LogP contribution in [0.4, 0.5) is 0 Å². The van der Waals surface area contributed by atoms with E-state index in [0.717, 1.165) is 34.5 Å². The Labute approximate surface area is 138 Å². The predicted octanol–water partition coefficient (Wildman–Crippen LogP) is 4.94. The van der Waals surface area contributed by atoms with Gasteiger partial charge in [0.15, 0.2) is 5.78 Å². The number of rotatable bonds is 4. The van der Waals surface area contributed by atoms with Crippen molar-refractivity contribution in [3.8, 4) is 0 Å².